The molecule has 32 heavy (non-hydrogen) atoms. The van der Waals surface area contributed by atoms with E-state index in [0.29, 0.717) is 0 Å². The van der Waals surface area contributed by atoms with E-state index in [1.165, 1.54) is 0 Å². The lowest BCUT2D eigenvalue weighted by Gasteiger charge is -2.22. The summed E-state index contributed by atoms with van der Waals surface area (Å²) >= 11 is 0. The molecule has 9 nitrogen and oxygen atoms in total. The maximum Gasteiger partial charge on any atom is 0.326 e. The van der Waals surface area contributed by atoms with E-state index in [4.69, 9.17) is 10.8 Å². The highest BCUT2D eigenvalue weighted by atomic mass is 16.4. The molecule has 0 aliphatic rings. The Bertz CT molecular complexity index is 1080. The number of hydrogen-bond donors (Lipinski definition) is 6. The third-order valence-electron chi connectivity index (χ3n) is 5.16. The van der Waals surface area contributed by atoms with Crippen LogP contribution in [0.2, 0.25) is 0 Å². The second-order valence-corrected chi connectivity index (χ2v) is 7.50. The molecule has 0 fully saturated rings. The lowest BCUT2D eigenvalue weighted by Crippen LogP contribution is -2.56. The molecule has 1 heterocycles. The van der Waals surface area contributed by atoms with Crippen molar-refractivity contribution in [1.29, 1.82) is 0 Å². The molecule has 0 spiro atoms. The number of nitrogens with one attached hydrogen (secondary N) is 3. The Morgan fingerprint density at radius 3 is 2.25 bits per heavy atom. The number of aliphatic hydroxyl groups excluding tert-OH is 1. The quantitative estimate of drug-likeness (QED) is 0.268. The Kier molecular flexibility index (Phi) is 7.58. The van der Waals surface area contributed by atoms with Gasteiger partial charge in [-0.3, -0.25) is 9.59 Å². The minimum atomic E-state index is -1.20. The number of aromatic amines is 1. The number of carbonyl (C=O) groups is 3. The van der Waals surface area contributed by atoms with E-state index in [1.54, 1.807) is 30.5 Å². The first-order chi connectivity index (χ1) is 15.4. The van der Waals surface area contributed by atoms with Gasteiger partial charge in [0.15, 0.2) is 0 Å². The SMILES string of the molecule is N[C@@H](CO)C(=O)N[C@@H](Cc1c[nH]c2ccccc12)C(=O)N[C@@H](Cc1ccccc1)C(=O)O. The number of aromatic nitrogens is 1. The van der Waals surface area contributed by atoms with Crippen LogP contribution >= 0.6 is 0 Å². The van der Waals surface area contributed by atoms with Crippen molar-refractivity contribution in [3.8, 4) is 0 Å². The highest BCUT2D eigenvalue weighted by Gasteiger charge is 2.29. The molecule has 2 aromatic carbocycles. The number of aliphatic hydroxyl groups is 1. The minimum absolute atomic E-state index is 0.0891. The smallest absolute Gasteiger partial charge is 0.326 e. The van der Waals surface area contributed by atoms with Crippen LogP contribution in [0.4, 0.5) is 0 Å². The van der Waals surface area contributed by atoms with Gasteiger partial charge in [0.2, 0.25) is 11.8 Å². The number of carbonyl (C=O) groups excluding carboxylic acids is 2. The Morgan fingerprint density at radius 1 is 0.906 bits per heavy atom. The van der Waals surface area contributed by atoms with Gasteiger partial charge in [-0.15, -0.1) is 0 Å². The first kappa shape index (κ1) is 23.0. The van der Waals surface area contributed by atoms with E-state index >= 15 is 0 Å². The van der Waals surface area contributed by atoms with Crippen molar-refractivity contribution in [3.05, 3.63) is 71.9 Å². The molecule has 3 rings (SSSR count). The molecule has 0 radical (unpaired) electrons. The van der Waals surface area contributed by atoms with E-state index < -0.39 is 42.5 Å². The van der Waals surface area contributed by atoms with Crippen molar-refractivity contribution in [2.45, 2.75) is 31.0 Å². The van der Waals surface area contributed by atoms with Gasteiger partial charge in [0.05, 0.1) is 6.61 Å². The molecule has 7 N–H and O–H groups in total. The summed E-state index contributed by atoms with van der Waals surface area (Å²) in [6.07, 6.45) is 1.94. The number of hydrogen-bond acceptors (Lipinski definition) is 5. The first-order valence-electron chi connectivity index (χ1n) is 10.2. The second-order valence-electron chi connectivity index (χ2n) is 7.50. The van der Waals surface area contributed by atoms with Crippen LogP contribution in [0.15, 0.2) is 60.8 Å². The van der Waals surface area contributed by atoms with Gasteiger partial charge in [0.1, 0.15) is 18.1 Å². The number of nitrogens with two attached hydrogens (primary N) is 1. The van der Waals surface area contributed by atoms with Crippen LogP contribution in [0.25, 0.3) is 10.9 Å². The summed E-state index contributed by atoms with van der Waals surface area (Å²) < 4.78 is 0. The normalized spacial score (nSPS) is 13.8. The fourth-order valence-corrected chi connectivity index (χ4v) is 3.41. The number of fused-ring (bicyclic) bond motifs is 1. The first-order valence-corrected chi connectivity index (χ1v) is 10.2. The van der Waals surface area contributed by atoms with Crippen molar-refractivity contribution < 1.29 is 24.6 Å². The molecule has 0 aliphatic heterocycles. The van der Waals surface area contributed by atoms with E-state index in [1.807, 2.05) is 30.3 Å². The molecule has 0 bridgehead atoms. The zero-order valence-corrected chi connectivity index (χ0v) is 17.3. The zero-order valence-electron chi connectivity index (χ0n) is 17.3. The average Bonchev–Trinajstić information content (AvgIpc) is 3.21. The number of carboxylic acid groups (broad SMARTS) is 1. The molecule has 9 heteroatoms. The van der Waals surface area contributed by atoms with Gasteiger partial charge < -0.3 is 31.6 Å². The second kappa shape index (κ2) is 10.6. The molecule has 0 saturated heterocycles. The molecule has 3 atom stereocenters. The maximum absolute atomic E-state index is 13.1. The van der Waals surface area contributed by atoms with E-state index in [9.17, 15) is 19.5 Å². The van der Waals surface area contributed by atoms with Gasteiger partial charge in [-0.1, -0.05) is 48.5 Å². The Labute approximate surface area is 184 Å². The summed E-state index contributed by atoms with van der Waals surface area (Å²) in [5, 5.41) is 24.7. The van der Waals surface area contributed by atoms with Crippen LogP contribution in [0.5, 0.6) is 0 Å². The van der Waals surface area contributed by atoms with Gasteiger partial charge in [0, 0.05) is 29.9 Å². The monoisotopic (exact) mass is 438 g/mol. The number of carboxylic acids is 1. The van der Waals surface area contributed by atoms with Crippen molar-refractivity contribution in [2.24, 2.45) is 5.73 Å². The number of para-hydroxylation sites is 1. The lowest BCUT2D eigenvalue weighted by atomic mass is 10.0. The predicted molar refractivity (Wildman–Crippen MR) is 119 cm³/mol. The summed E-state index contributed by atoms with van der Waals surface area (Å²) in [5.74, 6) is -2.55. The van der Waals surface area contributed by atoms with Crippen LogP contribution in [0, 0.1) is 0 Å². The summed E-state index contributed by atoms with van der Waals surface area (Å²) in [6, 6.07) is 12.9. The number of aliphatic carboxylic acids is 1. The van der Waals surface area contributed by atoms with E-state index in [-0.39, 0.29) is 12.8 Å². The number of amides is 2. The number of rotatable bonds is 10. The van der Waals surface area contributed by atoms with Crippen molar-refractivity contribution in [1.82, 2.24) is 15.6 Å². The van der Waals surface area contributed by atoms with Crippen molar-refractivity contribution in [2.75, 3.05) is 6.61 Å². The molecule has 0 aliphatic carbocycles. The van der Waals surface area contributed by atoms with Gasteiger partial charge in [-0.25, -0.2) is 4.79 Å². The standard InChI is InChI=1S/C23H26N4O5/c24-17(13-28)21(29)26-19(11-15-12-25-18-9-5-4-8-16(15)18)22(30)27-20(23(31)32)10-14-6-2-1-3-7-14/h1-9,12,17,19-20,25,28H,10-11,13,24H2,(H,26,29)(H,27,30)(H,31,32)/t17-,19-,20-/m0/s1. The van der Waals surface area contributed by atoms with Gasteiger partial charge in [-0.05, 0) is 17.2 Å². The molecular weight excluding hydrogens is 412 g/mol. The summed E-state index contributed by atoms with van der Waals surface area (Å²) in [7, 11) is 0. The van der Waals surface area contributed by atoms with Crippen LogP contribution in [0.1, 0.15) is 11.1 Å². The van der Waals surface area contributed by atoms with Crippen LogP contribution in [-0.2, 0) is 27.2 Å². The van der Waals surface area contributed by atoms with E-state index in [2.05, 4.69) is 15.6 Å². The Hall–Kier alpha value is -3.69. The predicted octanol–water partition coefficient (Wildman–Crippen LogP) is 0.327. The average molecular weight is 438 g/mol. The molecule has 2 amide bonds. The summed E-state index contributed by atoms with van der Waals surface area (Å²) in [5.41, 5.74) is 7.98. The molecule has 168 valence electrons. The Balaban J connectivity index is 1.81. The van der Waals surface area contributed by atoms with Crippen LogP contribution < -0.4 is 16.4 Å². The summed E-state index contributed by atoms with van der Waals surface area (Å²) in [6.45, 7) is -0.584. The van der Waals surface area contributed by atoms with Gasteiger partial charge in [-0.2, -0.15) is 0 Å². The minimum Gasteiger partial charge on any atom is -0.480 e. The van der Waals surface area contributed by atoms with Crippen LogP contribution in [-0.4, -0.2) is 57.7 Å². The fraction of sp³-hybridized carbons (Fsp3) is 0.261. The molecule has 0 saturated carbocycles. The van der Waals surface area contributed by atoms with Gasteiger partial charge in [0.25, 0.3) is 0 Å². The third kappa shape index (κ3) is 5.71. The van der Waals surface area contributed by atoms with Gasteiger partial charge >= 0.3 is 5.97 Å². The highest BCUT2D eigenvalue weighted by Crippen LogP contribution is 2.19. The topological polar surface area (TPSA) is 158 Å². The molecule has 1 aromatic heterocycles. The fourth-order valence-electron chi connectivity index (χ4n) is 3.41. The zero-order chi connectivity index (χ0) is 23.1. The lowest BCUT2D eigenvalue weighted by molar-refractivity contribution is -0.142. The van der Waals surface area contributed by atoms with E-state index in [0.717, 1.165) is 22.0 Å². The number of H-pyrrole nitrogens is 1. The van der Waals surface area contributed by atoms with Crippen LogP contribution in [0.3, 0.4) is 0 Å². The maximum atomic E-state index is 13.1. The number of benzene rings is 2. The van der Waals surface area contributed by atoms with Crippen molar-refractivity contribution in [3.63, 3.8) is 0 Å². The largest absolute Gasteiger partial charge is 0.480 e. The molecular formula is C23H26N4O5. The summed E-state index contributed by atoms with van der Waals surface area (Å²) in [4.78, 5) is 40.2. The molecule has 0 unspecified atom stereocenters. The molecule has 3 aromatic rings. The highest BCUT2D eigenvalue weighted by molar-refractivity contribution is 5.93. The Morgan fingerprint density at radius 2 is 1.56 bits per heavy atom. The van der Waals surface area contributed by atoms with Crippen molar-refractivity contribution >= 4 is 28.7 Å². The third-order valence-corrected chi connectivity index (χ3v) is 5.16.